The van der Waals surface area contributed by atoms with Gasteiger partial charge in [-0.2, -0.15) is 0 Å². The highest BCUT2D eigenvalue weighted by atomic mass is 35.5. The van der Waals surface area contributed by atoms with Crippen molar-refractivity contribution >= 4 is 11.6 Å². The summed E-state index contributed by atoms with van der Waals surface area (Å²) < 4.78 is 5.27. The van der Waals surface area contributed by atoms with Gasteiger partial charge in [0.25, 0.3) is 0 Å². The molecule has 1 heterocycles. The van der Waals surface area contributed by atoms with Crippen molar-refractivity contribution in [3.63, 3.8) is 0 Å². The minimum Gasteiger partial charge on any atom is -0.443 e. The molecule has 0 aliphatic rings. The van der Waals surface area contributed by atoms with E-state index in [2.05, 4.69) is 31.8 Å². The van der Waals surface area contributed by atoms with Crippen LogP contribution in [0, 0.1) is 0 Å². The van der Waals surface area contributed by atoms with Gasteiger partial charge in [0.05, 0.1) is 11.2 Å². The van der Waals surface area contributed by atoms with E-state index in [1.165, 1.54) is 12.0 Å². The molecule has 2 rings (SSSR count). The lowest BCUT2D eigenvalue weighted by Gasteiger charge is -2.19. The molecule has 0 spiro atoms. The van der Waals surface area contributed by atoms with E-state index in [-0.39, 0.29) is 5.41 Å². The van der Waals surface area contributed by atoms with Crippen LogP contribution in [0.4, 0.5) is 0 Å². The summed E-state index contributed by atoms with van der Waals surface area (Å²) in [7, 11) is 0. The van der Waals surface area contributed by atoms with Gasteiger partial charge in [0.15, 0.2) is 12.2 Å². The standard InChI is InChI=1S/C13H14ClNO/c1-13(2,3)9-4-5-11(14)10(6-9)12-7-15-8-16-12/h4-8H,1-3H3. The van der Waals surface area contributed by atoms with Gasteiger partial charge >= 0.3 is 0 Å². The van der Waals surface area contributed by atoms with Crippen LogP contribution in [0.5, 0.6) is 0 Å². The van der Waals surface area contributed by atoms with E-state index in [1.807, 2.05) is 12.1 Å². The smallest absolute Gasteiger partial charge is 0.181 e. The fourth-order valence-corrected chi connectivity index (χ4v) is 1.74. The Kier molecular flexibility index (Phi) is 2.76. The zero-order valence-corrected chi connectivity index (χ0v) is 10.4. The molecule has 0 atom stereocenters. The van der Waals surface area contributed by atoms with Gasteiger partial charge in [-0.05, 0) is 23.1 Å². The summed E-state index contributed by atoms with van der Waals surface area (Å²) in [6.45, 7) is 6.50. The maximum atomic E-state index is 6.15. The quantitative estimate of drug-likeness (QED) is 0.737. The Bertz CT molecular complexity index is 483. The molecular formula is C13H14ClNO. The topological polar surface area (TPSA) is 26.0 Å². The molecule has 0 bridgehead atoms. The summed E-state index contributed by atoms with van der Waals surface area (Å²) in [5, 5.41) is 0.685. The lowest BCUT2D eigenvalue weighted by Crippen LogP contribution is -2.10. The zero-order chi connectivity index (χ0) is 11.8. The van der Waals surface area contributed by atoms with Gasteiger partial charge in [-0.3, -0.25) is 0 Å². The Balaban J connectivity index is 2.54. The van der Waals surface area contributed by atoms with Crippen molar-refractivity contribution in [2.24, 2.45) is 0 Å². The third-order valence-corrected chi connectivity index (χ3v) is 2.86. The number of rotatable bonds is 1. The summed E-state index contributed by atoms with van der Waals surface area (Å²) in [4.78, 5) is 3.91. The van der Waals surface area contributed by atoms with Crippen LogP contribution < -0.4 is 0 Å². The molecule has 0 N–H and O–H groups in total. The van der Waals surface area contributed by atoms with Crippen LogP contribution in [0.2, 0.25) is 5.02 Å². The number of hydrogen-bond donors (Lipinski definition) is 0. The van der Waals surface area contributed by atoms with Crippen LogP contribution in [-0.4, -0.2) is 4.98 Å². The number of oxazole rings is 1. The van der Waals surface area contributed by atoms with E-state index in [1.54, 1.807) is 6.20 Å². The molecule has 2 nitrogen and oxygen atoms in total. The largest absolute Gasteiger partial charge is 0.443 e. The molecule has 2 aromatic rings. The first-order chi connectivity index (χ1) is 7.48. The van der Waals surface area contributed by atoms with Gasteiger partial charge in [-0.15, -0.1) is 0 Å². The van der Waals surface area contributed by atoms with Crippen molar-refractivity contribution in [1.82, 2.24) is 4.98 Å². The number of benzene rings is 1. The van der Waals surface area contributed by atoms with Gasteiger partial charge in [-0.1, -0.05) is 38.4 Å². The molecular weight excluding hydrogens is 222 g/mol. The molecule has 0 saturated carbocycles. The summed E-state index contributed by atoms with van der Waals surface area (Å²) in [5.41, 5.74) is 2.22. The maximum Gasteiger partial charge on any atom is 0.181 e. The Labute approximate surface area is 100 Å². The Morgan fingerprint density at radius 1 is 1.25 bits per heavy atom. The van der Waals surface area contributed by atoms with Crippen LogP contribution in [0.25, 0.3) is 11.3 Å². The Hall–Kier alpha value is -1.28. The minimum atomic E-state index is 0.0966. The first kappa shape index (κ1) is 11.2. The molecule has 0 radical (unpaired) electrons. The summed E-state index contributed by atoms with van der Waals surface area (Å²) in [5.74, 6) is 0.705. The molecule has 16 heavy (non-hydrogen) atoms. The van der Waals surface area contributed by atoms with Crippen molar-refractivity contribution in [2.45, 2.75) is 26.2 Å². The van der Waals surface area contributed by atoms with Crippen molar-refractivity contribution < 1.29 is 4.42 Å². The molecule has 3 heteroatoms. The molecule has 0 unspecified atom stereocenters. The molecule has 0 fully saturated rings. The van der Waals surface area contributed by atoms with Gasteiger partial charge in [0.1, 0.15) is 0 Å². The normalized spacial score (nSPS) is 11.8. The molecule has 1 aromatic heterocycles. The second-order valence-corrected chi connectivity index (χ2v) is 5.22. The summed E-state index contributed by atoms with van der Waals surface area (Å²) in [6.07, 6.45) is 3.09. The molecule has 84 valence electrons. The number of hydrogen-bond acceptors (Lipinski definition) is 2. The van der Waals surface area contributed by atoms with E-state index in [9.17, 15) is 0 Å². The lowest BCUT2D eigenvalue weighted by molar-refractivity contribution is 0.570. The SMILES string of the molecule is CC(C)(C)c1ccc(Cl)c(-c2cnco2)c1. The van der Waals surface area contributed by atoms with Crippen molar-refractivity contribution in [2.75, 3.05) is 0 Å². The number of nitrogens with zero attached hydrogens (tertiary/aromatic N) is 1. The average Bonchev–Trinajstić information content (AvgIpc) is 2.69. The van der Waals surface area contributed by atoms with E-state index in [4.69, 9.17) is 16.0 Å². The molecule has 0 amide bonds. The molecule has 0 aliphatic heterocycles. The summed E-state index contributed by atoms with van der Waals surface area (Å²) in [6, 6.07) is 6.01. The van der Waals surface area contributed by atoms with Gasteiger partial charge < -0.3 is 4.42 Å². The highest BCUT2D eigenvalue weighted by Crippen LogP contribution is 2.32. The predicted molar refractivity (Wildman–Crippen MR) is 65.6 cm³/mol. The fourth-order valence-electron chi connectivity index (χ4n) is 1.53. The van der Waals surface area contributed by atoms with Gasteiger partial charge in [0, 0.05) is 5.56 Å². The van der Waals surface area contributed by atoms with Crippen LogP contribution >= 0.6 is 11.6 Å². The highest BCUT2D eigenvalue weighted by Gasteiger charge is 2.16. The van der Waals surface area contributed by atoms with Crippen LogP contribution in [-0.2, 0) is 5.41 Å². The fraction of sp³-hybridized carbons (Fsp3) is 0.308. The average molecular weight is 236 g/mol. The van der Waals surface area contributed by atoms with Crippen molar-refractivity contribution in [3.8, 4) is 11.3 Å². The molecule has 0 saturated heterocycles. The predicted octanol–water partition coefficient (Wildman–Crippen LogP) is 4.29. The summed E-state index contributed by atoms with van der Waals surface area (Å²) >= 11 is 6.15. The van der Waals surface area contributed by atoms with E-state index in [0.29, 0.717) is 10.8 Å². The van der Waals surface area contributed by atoms with Crippen LogP contribution in [0.1, 0.15) is 26.3 Å². The van der Waals surface area contributed by atoms with Crippen molar-refractivity contribution in [1.29, 1.82) is 0 Å². The minimum absolute atomic E-state index is 0.0966. The Morgan fingerprint density at radius 3 is 2.56 bits per heavy atom. The van der Waals surface area contributed by atoms with E-state index >= 15 is 0 Å². The van der Waals surface area contributed by atoms with Crippen molar-refractivity contribution in [3.05, 3.63) is 41.4 Å². The van der Waals surface area contributed by atoms with E-state index in [0.717, 1.165) is 5.56 Å². The number of aromatic nitrogens is 1. The first-order valence-corrected chi connectivity index (χ1v) is 5.55. The Morgan fingerprint density at radius 2 is 2.00 bits per heavy atom. The second-order valence-electron chi connectivity index (χ2n) is 4.81. The van der Waals surface area contributed by atoms with Crippen LogP contribution in [0.3, 0.4) is 0 Å². The van der Waals surface area contributed by atoms with E-state index < -0.39 is 0 Å². The van der Waals surface area contributed by atoms with Gasteiger partial charge in [0.2, 0.25) is 0 Å². The maximum absolute atomic E-state index is 6.15. The number of halogens is 1. The third kappa shape index (κ3) is 2.12. The van der Waals surface area contributed by atoms with Crippen LogP contribution in [0.15, 0.2) is 35.2 Å². The first-order valence-electron chi connectivity index (χ1n) is 5.17. The third-order valence-electron chi connectivity index (χ3n) is 2.53. The molecule has 1 aromatic carbocycles. The highest BCUT2D eigenvalue weighted by molar-refractivity contribution is 6.33. The monoisotopic (exact) mass is 235 g/mol. The molecule has 0 aliphatic carbocycles. The lowest BCUT2D eigenvalue weighted by atomic mass is 9.86. The zero-order valence-electron chi connectivity index (χ0n) is 9.62. The van der Waals surface area contributed by atoms with Gasteiger partial charge in [-0.25, -0.2) is 4.98 Å². The second kappa shape index (κ2) is 3.95.